The second kappa shape index (κ2) is 6.55. The minimum Gasteiger partial charge on any atom is -0.303 e. The van der Waals surface area contributed by atoms with Crippen molar-refractivity contribution in [3.63, 3.8) is 0 Å². The smallest absolute Gasteiger partial charge is 0.269 e. The van der Waals surface area contributed by atoms with Crippen LogP contribution in [0.1, 0.15) is 24.8 Å². The van der Waals surface area contributed by atoms with Crippen LogP contribution in [0.25, 0.3) is 0 Å². The number of aromatic nitrogens is 3. The molecule has 2 aromatic rings. The molecular weight excluding hydrogens is 335 g/mol. The molecule has 0 fully saturated rings. The number of carbonyl (C=O) groups is 1. The first-order valence-electron chi connectivity index (χ1n) is 6.05. The lowest BCUT2D eigenvalue weighted by Crippen LogP contribution is -2.27. The third kappa shape index (κ3) is 4.03. The van der Waals surface area contributed by atoms with E-state index in [1.54, 1.807) is 0 Å². The lowest BCUT2D eigenvalue weighted by molar-refractivity contribution is -0.116. The largest absolute Gasteiger partial charge is 0.303 e. The Labute approximate surface area is 134 Å². The van der Waals surface area contributed by atoms with Gasteiger partial charge in [0.25, 0.3) is 5.56 Å². The van der Waals surface area contributed by atoms with Gasteiger partial charge in [0.05, 0.1) is 5.02 Å². The van der Waals surface area contributed by atoms with Crippen molar-refractivity contribution in [1.29, 1.82) is 0 Å². The molecule has 0 aromatic carbocycles. The van der Waals surface area contributed by atoms with E-state index in [1.807, 2.05) is 13.8 Å². The number of halogens is 2. The third-order valence-corrected chi connectivity index (χ3v) is 4.12. The van der Waals surface area contributed by atoms with Gasteiger partial charge in [0.2, 0.25) is 11.0 Å². The molecule has 21 heavy (non-hydrogen) atoms. The minimum absolute atomic E-state index is 0.0340. The molecule has 0 saturated heterocycles. The fourth-order valence-corrected chi connectivity index (χ4v) is 2.78. The Morgan fingerprint density at radius 1 is 1.43 bits per heavy atom. The van der Waals surface area contributed by atoms with Gasteiger partial charge in [0.15, 0.2) is 0 Å². The lowest BCUT2D eigenvalue weighted by Gasteiger charge is -2.06. The van der Waals surface area contributed by atoms with E-state index in [2.05, 4.69) is 15.5 Å². The van der Waals surface area contributed by atoms with Gasteiger partial charge < -0.3 is 4.57 Å². The zero-order chi connectivity index (χ0) is 15.6. The fraction of sp³-hybridized carbons (Fsp3) is 0.333. The molecule has 0 aliphatic carbocycles. The highest BCUT2D eigenvalue weighted by molar-refractivity contribution is 7.15. The molecule has 2 rings (SSSR count). The number of hydrogen-bond acceptors (Lipinski definition) is 5. The molecule has 0 saturated carbocycles. The Balaban J connectivity index is 2.10. The first-order chi connectivity index (χ1) is 9.86. The van der Waals surface area contributed by atoms with E-state index >= 15 is 0 Å². The van der Waals surface area contributed by atoms with Gasteiger partial charge in [-0.2, -0.15) is 0 Å². The van der Waals surface area contributed by atoms with Crippen LogP contribution in [0.4, 0.5) is 5.13 Å². The van der Waals surface area contributed by atoms with Crippen molar-refractivity contribution in [3.05, 3.63) is 37.7 Å². The molecule has 6 nitrogen and oxygen atoms in total. The van der Waals surface area contributed by atoms with E-state index in [0.29, 0.717) is 5.13 Å². The maximum atomic E-state index is 11.9. The summed E-state index contributed by atoms with van der Waals surface area (Å²) in [4.78, 5) is 23.7. The maximum Gasteiger partial charge on any atom is 0.269 e. The Morgan fingerprint density at radius 2 is 2.14 bits per heavy atom. The highest BCUT2D eigenvalue weighted by Crippen LogP contribution is 2.22. The normalized spacial score (nSPS) is 10.9. The molecule has 0 aliphatic heterocycles. The summed E-state index contributed by atoms with van der Waals surface area (Å²) in [6, 6.07) is 1.33. The van der Waals surface area contributed by atoms with Gasteiger partial charge in [-0.25, -0.2) is 0 Å². The van der Waals surface area contributed by atoms with Crippen LogP contribution in [0.5, 0.6) is 0 Å². The number of amides is 1. The monoisotopic (exact) mass is 346 g/mol. The number of hydrogen-bond donors (Lipinski definition) is 1. The predicted molar refractivity (Wildman–Crippen MR) is 83.3 cm³/mol. The van der Waals surface area contributed by atoms with E-state index in [1.165, 1.54) is 23.6 Å². The average molecular weight is 347 g/mol. The number of anilines is 1. The zero-order valence-corrected chi connectivity index (χ0v) is 13.6. The summed E-state index contributed by atoms with van der Waals surface area (Å²) >= 11 is 12.8. The summed E-state index contributed by atoms with van der Waals surface area (Å²) in [5, 5.41) is 11.9. The summed E-state index contributed by atoms with van der Waals surface area (Å²) in [7, 11) is 0. The second-order valence-electron chi connectivity index (χ2n) is 4.59. The number of nitrogens with zero attached hydrogens (tertiary/aromatic N) is 3. The Morgan fingerprint density at radius 3 is 2.76 bits per heavy atom. The van der Waals surface area contributed by atoms with E-state index < -0.39 is 11.5 Å². The van der Waals surface area contributed by atoms with Crippen LogP contribution in [0.15, 0.2) is 17.1 Å². The SMILES string of the molecule is CC(C)c1nnc(NC(=O)Cn2cc(Cl)cc(Cl)c2=O)s1. The molecule has 2 aromatic heterocycles. The van der Waals surface area contributed by atoms with Crippen molar-refractivity contribution >= 4 is 45.6 Å². The Bertz CT molecular complexity index is 726. The van der Waals surface area contributed by atoms with Crippen molar-refractivity contribution < 1.29 is 4.79 Å². The lowest BCUT2D eigenvalue weighted by atomic mass is 10.2. The van der Waals surface area contributed by atoms with Crippen molar-refractivity contribution in [1.82, 2.24) is 14.8 Å². The summed E-state index contributed by atoms with van der Waals surface area (Å²) in [6.07, 6.45) is 1.36. The van der Waals surface area contributed by atoms with Gasteiger partial charge in [-0.05, 0) is 6.07 Å². The average Bonchev–Trinajstić information content (AvgIpc) is 2.83. The first kappa shape index (κ1) is 15.9. The quantitative estimate of drug-likeness (QED) is 0.923. The van der Waals surface area contributed by atoms with Crippen LogP contribution in [-0.4, -0.2) is 20.7 Å². The van der Waals surface area contributed by atoms with Gasteiger partial charge in [0, 0.05) is 12.1 Å². The Kier molecular flexibility index (Phi) is 4.97. The highest BCUT2D eigenvalue weighted by Gasteiger charge is 2.12. The summed E-state index contributed by atoms with van der Waals surface area (Å²) < 4.78 is 1.14. The van der Waals surface area contributed by atoms with E-state index in [4.69, 9.17) is 23.2 Å². The summed E-state index contributed by atoms with van der Waals surface area (Å²) in [5.74, 6) is -0.163. The van der Waals surface area contributed by atoms with Crippen LogP contribution in [-0.2, 0) is 11.3 Å². The van der Waals surface area contributed by atoms with Crippen LogP contribution < -0.4 is 10.9 Å². The van der Waals surface area contributed by atoms with Crippen LogP contribution in [0.3, 0.4) is 0 Å². The second-order valence-corrected chi connectivity index (χ2v) is 6.44. The van der Waals surface area contributed by atoms with Crippen molar-refractivity contribution in [2.45, 2.75) is 26.3 Å². The molecule has 1 N–H and O–H groups in total. The third-order valence-electron chi connectivity index (χ3n) is 2.50. The van der Waals surface area contributed by atoms with Crippen LogP contribution in [0.2, 0.25) is 10.0 Å². The molecule has 9 heteroatoms. The topological polar surface area (TPSA) is 76.9 Å². The predicted octanol–water partition coefficient (Wildman–Crippen LogP) is 2.77. The van der Waals surface area contributed by atoms with Gasteiger partial charge in [0.1, 0.15) is 16.6 Å². The molecule has 0 aliphatic rings. The van der Waals surface area contributed by atoms with E-state index in [0.717, 1.165) is 9.57 Å². The molecule has 0 spiro atoms. The van der Waals surface area contributed by atoms with Crippen molar-refractivity contribution in [3.8, 4) is 0 Å². The van der Waals surface area contributed by atoms with Gasteiger partial charge in [-0.15, -0.1) is 10.2 Å². The number of rotatable bonds is 4. The van der Waals surface area contributed by atoms with E-state index in [-0.39, 0.29) is 22.5 Å². The molecule has 2 heterocycles. The van der Waals surface area contributed by atoms with Crippen LogP contribution in [0, 0.1) is 0 Å². The number of nitrogens with one attached hydrogen (secondary N) is 1. The Hall–Kier alpha value is -1.44. The molecule has 1 amide bonds. The summed E-state index contributed by atoms with van der Waals surface area (Å²) in [5.41, 5.74) is -0.476. The zero-order valence-electron chi connectivity index (χ0n) is 11.3. The minimum atomic E-state index is -0.476. The molecule has 112 valence electrons. The molecule has 0 bridgehead atoms. The van der Waals surface area contributed by atoms with Gasteiger partial charge in [-0.3, -0.25) is 14.9 Å². The molecule has 0 unspecified atom stereocenters. The van der Waals surface area contributed by atoms with Crippen molar-refractivity contribution in [2.75, 3.05) is 5.32 Å². The molecule has 0 radical (unpaired) electrons. The standard InChI is InChI=1S/C12H12Cl2N4O2S/c1-6(2)10-16-17-12(21-10)15-9(19)5-18-4-7(13)3-8(14)11(18)20/h3-4,6H,5H2,1-2H3,(H,15,17,19). The fourth-order valence-electron chi connectivity index (χ4n) is 1.51. The highest BCUT2D eigenvalue weighted by atomic mass is 35.5. The first-order valence-corrected chi connectivity index (χ1v) is 7.63. The van der Waals surface area contributed by atoms with E-state index in [9.17, 15) is 9.59 Å². The van der Waals surface area contributed by atoms with Gasteiger partial charge >= 0.3 is 0 Å². The van der Waals surface area contributed by atoms with Crippen molar-refractivity contribution in [2.24, 2.45) is 0 Å². The summed E-state index contributed by atoms with van der Waals surface area (Å²) in [6.45, 7) is 3.77. The van der Waals surface area contributed by atoms with Crippen LogP contribution >= 0.6 is 34.5 Å². The number of carbonyl (C=O) groups excluding carboxylic acids is 1. The number of pyridine rings is 1. The molecule has 0 atom stereocenters. The maximum absolute atomic E-state index is 11.9. The molecular formula is C12H12Cl2N4O2S. The van der Waals surface area contributed by atoms with Gasteiger partial charge in [-0.1, -0.05) is 48.4 Å².